The van der Waals surface area contributed by atoms with Crippen LogP contribution in [-0.4, -0.2) is 14.1 Å². The van der Waals surface area contributed by atoms with Crippen molar-refractivity contribution in [2.75, 3.05) is 0 Å². The zero-order valence-electron chi connectivity index (χ0n) is 18.2. The number of hydrogen-bond donors (Lipinski definition) is 0. The van der Waals surface area contributed by atoms with Crippen molar-refractivity contribution in [3.8, 4) is 11.4 Å². The predicted octanol–water partition coefficient (Wildman–Crippen LogP) is 7.58. The average molecular weight is 424 g/mol. The summed E-state index contributed by atoms with van der Waals surface area (Å²) in [5, 5.41) is 2.35. The van der Waals surface area contributed by atoms with Crippen LogP contribution in [0.2, 0.25) is 0 Å². The van der Waals surface area contributed by atoms with E-state index in [1.807, 2.05) is 0 Å². The van der Waals surface area contributed by atoms with E-state index < -0.39 is 0 Å². The summed E-state index contributed by atoms with van der Waals surface area (Å²) < 4.78 is 4.67. The van der Waals surface area contributed by atoms with Crippen LogP contribution in [0.15, 0.2) is 109 Å². The van der Waals surface area contributed by atoms with Gasteiger partial charge in [0.05, 0.1) is 33.1 Å². The molecule has 0 radical (unpaired) electrons. The highest BCUT2D eigenvalue weighted by atomic mass is 15.0. The van der Waals surface area contributed by atoms with Gasteiger partial charge in [-0.25, -0.2) is 4.98 Å². The molecule has 0 saturated carbocycles. The molecule has 3 heteroatoms. The molecule has 0 bridgehead atoms. The van der Waals surface area contributed by atoms with E-state index in [0.29, 0.717) is 0 Å². The molecule has 0 spiro atoms. The highest BCUT2D eigenvalue weighted by molar-refractivity contribution is 6.15. The Labute approximate surface area is 191 Å². The summed E-state index contributed by atoms with van der Waals surface area (Å²) in [5.74, 6) is 0. The van der Waals surface area contributed by atoms with Crippen molar-refractivity contribution < 1.29 is 0 Å². The number of para-hydroxylation sites is 3. The van der Waals surface area contributed by atoms with E-state index in [2.05, 4.69) is 125 Å². The van der Waals surface area contributed by atoms with Gasteiger partial charge in [0, 0.05) is 22.1 Å². The molecular weight excluding hydrogens is 402 g/mol. The zero-order chi connectivity index (χ0) is 21.9. The molecule has 7 rings (SSSR count). The molecule has 0 atom stereocenters. The standard InChI is InChI=1S/C30H21N3/c1-20-16-17-24-26(18-20)33(22-12-6-3-7-13-22)28-19-27-29(31-30(24)28)23-14-8-9-15-25(23)32(27)21-10-4-2-5-11-21/h2-19H,1H3. The van der Waals surface area contributed by atoms with Gasteiger partial charge >= 0.3 is 0 Å². The molecule has 3 aromatic heterocycles. The van der Waals surface area contributed by atoms with Crippen LogP contribution in [0.4, 0.5) is 0 Å². The van der Waals surface area contributed by atoms with Crippen molar-refractivity contribution in [2.45, 2.75) is 6.92 Å². The van der Waals surface area contributed by atoms with Crippen LogP contribution in [0.5, 0.6) is 0 Å². The summed E-state index contributed by atoms with van der Waals surface area (Å²) in [5.41, 5.74) is 10.2. The Kier molecular flexibility index (Phi) is 3.76. The van der Waals surface area contributed by atoms with Crippen molar-refractivity contribution in [2.24, 2.45) is 0 Å². The fourth-order valence-corrected chi connectivity index (χ4v) is 5.10. The van der Waals surface area contributed by atoms with Crippen molar-refractivity contribution in [1.82, 2.24) is 14.1 Å². The maximum Gasteiger partial charge on any atom is 0.0972 e. The smallest absolute Gasteiger partial charge is 0.0972 e. The molecule has 0 fully saturated rings. The molecule has 7 aromatic rings. The van der Waals surface area contributed by atoms with Crippen LogP contribution in [-0.2, 0) is 0 Å². The lowest BCUT2D eigenvalue weighted by atomic mass is 10.1. The normalized spacial score (nSPS) is 11.8. The summed E-state index contributed by atoms with van der Waals surface area (Å²) in [6.07, 6.45) is 0. The summed E-state index contributed by atoms with van der Waals surface area (Å²) >= 11 is 0. The van der Waals surface area contributed by atoms with E-state index in [-0.39, 0.29) is 0 Å². The number of hydrogen-bond acceptors (Lipinski definition) is 1. The van der Waals surface area contributed by atoms with E-state index in [0.717, 1.165) is 33.4 Å². The van der Waals surface area contributed by atoms with Gasteiger partial charge in [-0.05, 0) is 55.0 Å². The second-order valence-electron chi connectivity index (χ2n) is 8.60. The molecule has 3 heterocycles. The van der Waals surface area contributed by atoms with Gasteiger partial charge in [0.25, 0.3) is 0 Å². The Morgan fingerprint density at radius 1 is 0.485 bits per heavy atom. The topological polar surface area (TPSA) is 22.8 Å². The quantitative estimate of drug-likeness (QED) is 0.281. The Morgan fingerprint density at radius 2 is 1.03 bits per heavy atom. The zero-order valence-corrected chi connectivity index (χ0v) is 18.2. The molecule has 3 nitrogen and oxygen atoms in total. The molecule has 4 aromatic carbocycles. The lowest BCUT2D eigenvalue weighted by Gasteiger charge is -2.09. The third-order valence-electron chi connectivity index (χ3n) is 6.54. The lowest BCUT2D eigenvalue weighted by Crippen LogP contribution is -1.96. The number of benzene rings is 4. The van der Waals surface area contributed by atoms with E-state index in [1.54, 1.807) is 0 Å². The Hall–Kier alpha value is -4.37. The van der Waals surface area contributed by atoms with E-state index in [9.17, 15) is 0 Å². The first kappa shape index (κ1) is 18.2. The van der Waals surface area contributed by atoms with Gasteiger partial charge in [0.15, 0.2) is 0 Å². The van der Waals surface area contributed by atoms with Crippen molar-refractivity contribution in [3.63, 3.8) is 0 Å². The molecule has 0 unspecified atom stereocenters. The third-order valence-corrected chi connectivity index (χ3v) is 6.54. The summed E-state index contributed by atoms with van der Waals surface area (Å²) in [6.45, 7) is 2.15. The monoisotopic (exact) mass is 423 g/mol. The first-order valence-electron chi connectivity index (χ1n) is 11.3. The van der Waals surface area contributed by atoms with Crippen molar-refractivity contribution in [1.29, 1.82) is 0 Å². The molecule has 0 aliphatic rings. The largest absolute Gasteiger partial charge is 0.308 e. The molecule has 0 aliphatic heterocycles. The minimum Gasteiger partial charge on any atom is -0.308 e. The molecule has 0 aliphatic carbocycles. The van der Waals surface area contributed by atoms with E-state index in [4.69, 9.17) is 4.98 Å². The SMILES string of the molecule is Cc1ccc2c3nc4c5ccccc5n(-c5ccccc5)c4cc3n(-c3ccccc3)c2c1. The Balaban J connectivity index is 1.71. The Bertz CT molecular complexity index is 1810. The maximum atomic E-state index is 5.31. The lowest BCUT2D eigenvalue weighted by molar-refractivity contribution is 1.16. The predicted molar refractivity (Wildman–Crippen MR) is 138 cm³/mol. The minimum absolute atomic E-state index is 1.04. The minimum atomic E-state index is 1.04. The first-order valence-corrected chi connectivity index (χ1v) is 11.3. The van der Waals surface area contributed by atoms with Crippen LogP contribution in [0.25, 0.3) is 55.2 Å². The highest BCUT2D eigenvalue weighted by Gasteiger charge is 2.19. The fourth-order valence-electron chi connectivity index (χ4n) is 5.10. The van der Waals surface area contributed by atoms with Crippen LogP contribution in [0, 0.1) is 6.92 Å². The molecule has 0 N–H and O–H groups in total. The molecule has 33 heavy (non-hydrogen) atoms. The number of rotatable bonds is 2. The number of nitrogens with zero attached hydrogens (tertiary/aromatic N) is 3. The molecule has 0 amide bonds. The number of fused-ring (bicyclic) bond motifs is 6. The van der Waals surface area contributed by atoms with E-state index in [1.165, 1.54) is 27.4 Å². The van der Waals surface area contributed by atoms with Gasteiger partial charge < -0.3 is 9.13 Å². The van der Waals surface area contributed by atoms with Crippen LogP contribution in [0.1, 0.15) is 5.56 Å². The third kappa shape index (κ3) is 2.60. The van der Waals surface area contributed by atoms with Gasteiger partial charge in [-0.3, -0.25) is 0 Å². The van der Waals surface area contributed by atoms with Gasteiger partial charge in [-0.15, -0.1) is 0 Å². The molecule has 0 saturated heterocycles. The van der Waals surface area contributed by atoms with Crippen molar-refractivity contribution in [3.05, 3.63) is 115 Å². The summed E-state index contributed by atoms with van der Waals surface area (Å²) in [4.78, 5) is 5.31. The van der Waals surface area contributed by atoms with Gasteiger partial charge in [0.1, 0.15) is 0 Å². The highest BCUT2D eigenvalue weighted by Crippen LogP contribution is 2.37. The first-order chi connectivity index (χ1) is 16.3. The van der Waals surface area contributed by atoms with Gasteiger partial charge in [-0.1, -0.05) is 66.7 Å². The number of pyridine rings is 1. The van der Waals surface area contributed by atoms with E-state index >= 15 is 0 Å². The van der Waals surface area contributed by atoms with Gasteiger partial charge in [-0.2, -0.15) is 0 Å². The van der Waals surface area contributed by atoms with Crippen LogP contribution < -0.4 is 0 Å². The summed E-state index contributed by atoms with van der Waals surface area (Å²) in [6, 6.07) is 38.6. The Morgan fingerprint density at radius 3 is 1.70 bits per heavy atom. The maximum absolute atomic E-state index is 5.31. The van der Waals surface area contributed by atoms with Crippen molar-refractivity contribution >= 4 is 43.9 Å². The van der Waals surface area contributed by atoms with Crippen LogP contribution in [0.3, 0.4) is 0 Å². The average Bonchev–Trinajstić information content (AvgIpc) is 3.35. The number of aryl methyl sites for hydroxylation is 1. The molecular formula is C30H21N3. The fraction of sp³-hybridized carbons (Fsp3) is 0.0333. The second kappa shape index (κ2) is 6.81. The summed E-state index contributed by atoms with van der Waals surface area (Å²) in [7, 11) is 0. The number of aromatic nitrogens is 3. The van der Waals surface area contributed by atoms with Crippen LogP contribution >= 0.6 is 0 Å². The van der Waals surface area contributed by atoms with Gasteiger partial charge in [0.2, 0.25) is 0 Å². The molecule has 156 valence electrons. The second-order valence-corrected chi connectivity index (χ2v) is 8.60.